The van der Waals surface area contributed by atoms with E-state index in [-0.39, 0.29) is 5.56 Å². The van der Waals surface area contributed by atoms with Crippen molar-refractivity contribution in [2.24, 2.45) is 0 Å². The van der Waals surface area contributed by atoms with Gasteiger partial charge in [0.05, 0.1) is 6.10 Å². The van der Waals surface area contributed by atoms with Gasteiger partial charge in [0.25, 0.3) is 0 Å². The smallest absolute Gasteiger partial charge is 0.200 e. The lowest BCUT2D eigenvalue weighted by atomic mass is 10.1. The highest BCUT2D eigenvalue weighted by molar-refractivity contribution is 5.35. The number of aromatic hydroxyl groups is 1. The van der Waals surface area contributed by atoms with Crippen LogP contribution in [0.5, 0.6) is 5.75 Å². The number of aliphatic hydroxyl groups excluding tert-OH is 1. The minimum Gasteiger partial charge on any atom is -0.504 e. The van der Waals surface area contributed by atoms with E-state index in [1.807, 2.05) is 0 Å². The van der Waals surface area contributed by atoms with Crippen LogP contribution in [-0.2, 0) is 0 Å². The third-order valence-electron chi connectivity index (χ3n) is 1.55. The standard InChI is InChI=1S/C8H8F2O2/c1-4(11)5-2-3-6(9)7(10)8(5)12/h2-4,11-12H,1H3. The number of benzene rings is 1. The molecule has 0 saturated carbocycles. The van der Waals surface area contributed by atoms with Crippen LogP contribution in [-0.4, -0.2) is 10.2 Å². The Bertz CT molecular complexity index is 297. The van der Waals surface area contributed by atoms with Gasteiger partial charge < -0.3 is 10.2 Å². The van der Waals surface area contributed by atoms with Crippen molar-refractivity contribution >= 4 is 0 Å². The van der Waals surface area contributed by atoms with E-state index < -0.39 is 23.5 Å². The van der Waals surface area contributed by atoms with Crippen molar-refractivity contribution in [1.29, 1.82) is 0 Å². The quantitative estimate of drug-likeness (QED) is 0.680. The Hall–Kier alpha value is -1.16. The predicted octanol–water partition coefficient (Wildman–Crippen LogP) is 1.72. The van der Waals surface area contributed by atoms with Crippen molar-refractivity contribution in [2.75, 3.05) is 0 Å². The van der Waals surface area contributed by atoms with Gasteiger partial charge in [-0.1, -0.05) is 0 Å². The summed E-state index contributed by atoms with van der Waals surface area (Å²) in [6.45, 7) is 1.35. The van der Waals surface area contributed by atoms with Gasteiger partial charge in [-0.15, -0.1) is 0 Å². The number of hydrogen-bond acceptors (Lipinski definition) is 2. The van der Waals surface area contributed by atoms with E-state index in [2.05, 4.69) is 0 Å². The minimum absolute atomic E-state index is 0.0195. The summed E-state index contributed by atoms with van der Waals surface area (Å²) in [5.41, 5.74) is -0.0195. The molecule has 0 saturated heterocycles. The van der Waals surface area contributed by atoms with Gasteiger partial charge in [0.2, 0.25) is 5.82 Å². The second-order valence-corrected chi connectivity index (χ2v) is 2.48. The zero-order valence-corrected chi connectivity index (χ0v) is 6.38. The molecule has 2 nitrogen and oxygen atoms in total. The van der Waals surface area contributed by atoms with Gasteiger partial charge in [-0.3, -0.25) is 0 Å². The van der Waals surface area contributed by atoms with Crippen molar-refractivity contribution in [3.8, 4) is 5.75 Å². The topological polar surface area (TPSA) is 40.5 Å². The molecule has 12 heavy (non-hydrogen) atoms. The fraction of sp³-hybridized carbons (Fsp3) is 0.250. The molecule has 0 heterocycles. The van der Waals surface area contributed by atoms with E-state index in [0.717, 1.165) is 12.1 Å². The SMILES string of the molecule is CC(O)c1ccc(F)c(F)c1O. The van der Waals surface area contributed by atoms with E-state index in [0.29, 0.717) is 0 Å². The summed E-state index contributed by atoms with van der Waals surface area (Å²) < 4.78 is 25.0. The monoisotopic (exact) mass is 174 g/mol. The zero-order valence-electron chi connectivity index (χ0n) is 6.38. The van der Waals surface area contributed by atoms with E-state index in [1.54, 1.807) is 0 Å². The first kappa shape index (κ1) is 8.93. The molecule has 0 aliphatic heterocycles. The number of phenols is 1. The van der Waals surface area contributed by atoms with Crippen LogP contribution >= 0.6 is 0 Å². The van der Waals surface area contributed by atoms with Crippen molar-refractivity contribution in [2.45, 2.75) is 13.0 Å². The largest absolute Gasteiger partial charge is 0.504 e. The van der Waals surface area contributed by atoms with E-state index in [4.69, 9.17) is 10.2 Å². The predicted molar refractivity (Wildman–Crippen MR) is 38.7 cm³/mol. The lowest BCUT2D eigenvalue weighted by Gasteiger charge is -2.07. The lowest BCUT2D eigenvalue weighted by Crippen LogP contribution is -1.95. The van der Waals surface area contributed by atoms with E-state index in [9.17, 15) is 8.78 Å². The first-order valence-corrected chi connectivity index (χ1v) is 3.39. The maximum atomic E-state index is 12.6. The Morgan fingerprint density at radius 1 is 1.33 bits per heavy atom. The van der Waals surface area contributed by atoms with Crippen LogP contribution < -0.4 is 0 Å². The van der Waals surface area contributed by atoms with Crippen LogP contribution in [0.1, 0.15) is 18.6 Å². The normalized spacial score (nSPS) is 13.0. The van der Waals surface area contributed by atoms with Crippen molar-refractivity contribution < 1.29 is 19.0 Å². The second-order valence-electron chi connectivity index (χ2n) is 2.48. The Morgan fingerprint density at radius 2 is 1.92 bits per heavy atom. The third-order valence-corrected chi connectivity index (χ3v) is 1.55. The molecule has 1 rings (SSSR count). The molecule has 0 aromatic heterocycles. The van der Waals surface area contributed by atoms with Gasteiger partial charge >= 0.3 is 0 Å². The molecule has 0 spiro atoms. The third kappa shape index (κ3) is 1.38. The molecule has 1 aromatic rings. The molecule has 0 amide bonds. The molecule has 0 radical (unpaired) electrons. The van der Waals surface area contributed by atoms with Crippen LogP contribution in [0, 0.1) is 11.6 Å². The number of aliphatic hydroxyl groups is 1. The van der Waals surface area contributed by atoms with Crippen molar-refractivity contribution in [3.63, 3.8) is 0 Å². The van der Waals surface area contributed by atoms with Crippen LogP contribution in [0.25, 0.3) is 0 Å². The molecule has 4 heteroatoms. The number of halogens is 2. The molecule has 1 unspecified atom stereocenters. The molecule has 66 valence electrons. The van der Waals surface area contributed by atoms with Gasteiger partial charge in [0.15, 0.2) is 11.6 Å². The Balaban J connectivity index is 3.27. The highest BCUT2D eigenvalue weighted by atomic mass is 19.2. The second kappa shape index (κ2) is 3.06. The summed E-state index contributed by atoms with van der Waals surface area (Å²) >= 11 is 0. The summed E-state index contributed by atoms with van der Waals surface area (Å²) in [6.07, 6.45) is -1.01. The van der Waals surface area contributed by atoms with Gasteiger partial charge in [-0.05, 0) is 19.1 Å². The van der Waals surface area contributed by atoms with Crippen LogP contribution in [0.15, 0.2) is 12.1 Å². The summed E-state index contributed by atoms with van der Waals surface area (Å²) in [5, 5.41) is 17.9. The maximum absolute atomic E-state index is 12.6. The molecule has 0 aliphatic carbocycles. The minimum atomic E-state index is -1.33. The Morgan fingerprint density at radius 3 is 2.42 bits per heavy atom. The van der Waals surface area contributed by atoms with Gasteiger partial charge in [-0.25, -0.2) is 4.39 Å². The number of hydrogen-bond donors (Lipinski definition) is 2. The molecule has 1 aromatic carbocycles. The van der Waals surface area contributed by atoms with Gasteiger partial charge in [-0.2, -0.15) is 4.39 Å². The maximum Gasteiger partial charge on any atom is 0.200 e. The Kier molecular flexibility index (Phi) is 2.28. The average Bonchev–Trinajstić information content (AvgIpc) is 2.00. The van der Waals surface area contributed by atoms with Gasteiger partial charge in [0.1, 0.15) is 0 Å². The van der Waals surface area contributed by atoms with Gasteiger partial charge in [0, 0.05) is 5.56 Å². The zero-order chi connectivity index (χ0) is 9.30. The summed E-state index contributed by atoms with van der Waals surface area (Å²) in [4.78, 5) is 0. The fourth-order valence-corrected chi connectivity index (χ4v) is 0.892. The van der Waals surface area contributed by atoms with Crippen LogP contribution in [0.2, 0.25) is 0 Å². The molecule has 2 N–H and O–H groups in total. The molecule has 0 bridgehead atoms. The summed E-state index contributed by atoms with van der Waals surface area (Å²) in [6, 6.07) is 2.00. The summed E-state index contributed by atoms with van der Waals surface area (Å²) in [5.74, 6) is -3.28. The average molecular weight is 174 g/mol. The lowest BCUT2D eigenvalue weighted by molar-refractivity contribution is 0.193. The highest BCUT2D eigenvalue weighted by Crippen LogP contribution is 2.27. The van der Waals surface area contributed by atoms with Crippen molar-refractivity contribution in [3.05, 3.63) is 29.3 Å². The Labute approximate surface area is 68.1 Å². The molecular weight excluding hydrogens is 166 g/mol. The molecular formula is C8H8F2O2. The van der Waals surface area contributed by atoms with Crippen LogP contribution in [0.4, 0.5) is 8.78 Å². The number of rotatable bonds is 1. The summed E-state index contributed by atoms with van der Waals surface area (Å²) in [7, 11) is 0. The molecule has 0 fully saturated rings. The van der Waals surface area contributed by atoms with Crippen LogP contribution in [0.3, 0.4) is 0 Å². The molecule has 1 atom stereocenters. The first-order chi connectivity index (χ1) is 5.54. The van der Waals surface area contributed by atoms with Crippen molar-refractivity contribution in [1.82, 2.24) is 0 Å². The van der Waals surface area contributed by atoms with E-state index in [1.165, 1.54) is 6.92 Å². The number of phenolic OH excluding ortho intramolecular Hbond substituents is 1. The molecule has 0 aliphatic rings. The first-order valence-electron chi connectivity index (χ1n) is 3.39. The van der Waals surface area contributed by atoms with E-state index >= 15 is 0 Å². The highest BCUT2D eigenvalue weighted by Gasteiger charge is 2.14. The fourth-order valence-electron chi connectivity index (χ4n) is 0.892.